The van der Waals surface area contributed by atoms with Gasteiger partial charge in [-0.1, -0.05) is 12.1 Å². The van der Waals surface area contributed by atoms with Crippen molar-refractivity contribution in [1.29, 1.82) is 0 Å². The number of halogens is 1. The van der Waals surface area contributed by atoms with Crippen LogP contribution in [0.2, 0.25) is 0 Å². The van der Waals surface area contributed by atoms with E-state index in [0.29, 0.717) is 6.04 Å². The van der Waals surface area contributed by atoms with Gasteiger partial charge >= 0.3 is 0 Å². The third kappa shape index (κ3) is 2.62. The van der Waals surface area contributed by atoms with Gasteiger partial charge in [-0.15, -0.1) is 0 Å². The van der Waals surface area contributed by atoms with Crippen LogP contribution in [0, 0.1) is 5.82 Å². The number of benzene rings is 1. The molecule has 0 saturated heterocycles. The summed E-state index contributed by atoms with van der Waals surface area (Å²) in [6.45, 7) is 2.10. The minimum absolute atomic E-state index is 0.170. The van der Waals surface area contributed by atoms with Crippen molar-refractivity contribution in [3.05, 3.63) is 35.6 Å². The highest BCUT2D eigenvalue weighted by Crippen LogP contribution is 2.05. The molecule has 1 N–H and O–H groups in total. The van der Waals surface area contributed by atoms with Gasteiger partial charge in [-0.25, -0.2) is 4.39 Å². The highest BCUT2D eigenvalue weighted by molar-refractivity contribution is 5.16. The quantitative estimate of drug-likeness (QED) is 0.725. The Bertz CT molecular complexity index is 230. The first-order valence-electron chi connectivity index (χ1n) is 4.14. The highest BCUT2D eigenvalue weighted by Gasteiger charge is 1.99. The van der Waals surface area contributed by atoms with Crippen LogP contribution in [0.1, 0.15) is 12.5 Å². The minimum Gasteiger partial charge on any atom is -0.317 e. The second-order valence-corrected chi connectivity index (χ2v) is 3.02. The number of rotatable bonds is 3. The molecule has 1 rings (SSSR count). The molecule has 2 heteroatoms. The van der Waals surface area contributed by atoms with E-state index in [9.17, 15) is 4.39 Å². The zero-order chi connectivity index (χ0) is 8.97. The molecule has 0 heterocycles. The highest BCUT2D eigenvalue weighted by atomic mass is 19.1. The maximum absolute atomic E-state index is 12.5. The lowest BCUT2D eigenvalue weighted by Crippen LogP contribution is -2.23. The van der Waals surface area contributed by atoms with Crippen LogP contribution in [0.5, 0.6) is 0 Å². The monoisotopic (exact) mass is 167 g/mol. The van der Waals surface area contributed by atoms with Crippen LogP contribution in [-0.4, -0.2) is 13.1 Å². The van der Waals surface area contributed by atoms with E-state index in [1.54, 1.807) is 0 Å². The molecule has 66 valence electrons. The van der Waals surface area contributed by atoms with Gasteiger partial charge in [-0.05, 0) is 38.1 Å². The lowest BCUT2D eigenvalue weighted by molar-refractivity contribution is 0.603. The third-order valence-corrected chi connectivity index (χ3v) is 1.95. The summed E-state index contributed by atoms with van der Waals surface area (Å²) >= 11 is 0. The first-order valence-corrected chi connectivity index (χ1v) is 4.14. The van der Waals surface area contributed by atoms with Gasteiger partial charge in [0.25, 0.3) is 0 Å². The Morgan fingerprint density at radius 3 is 2.42 bits per heavy atom. The zero-order valence-corrected chi connectivity index (χ0v) is 7.47. The summed E-state index contributed by atoms with van der Waals surface area (Å²) in [4.78, 5) is 0. The van der Waals surface area contributed by atoms with Gasteiger partial charge in [0.2, 0.25) is 0 Å². The van der Waals surface area contributed by atoms with Gasteiger partial charge in [0.1, 0.15) is 5.82 Å². The second-order valence-electron chi connectivity index (χ2n) is 3.02. The molecule has 0 bridgehead atoms. The van der Waals surface area contributed by atoms with Gasteiger partial charge in [0, 0.05) is 6.04 Å². The van der Waals surface area contributed by atoms with Crippen molar-refractivity contribution in [2.45, 2.75) is 19.4 Å². The van der Waals surface area contributed by atoms with Crippen molar-refractivity contribution in [1.82, 2.24) is 5.32 Å². The van der Waals surface area contributed by atoms with Crippen LogP contribution < -0.4 is 5.32 Å². The topological polar surface area (TPSA) is 12.0 Å². The molecule has 0 spiro atoms. The fourth-order valence-electron chi connectivity index (χ4n) is 1.08. The molecule has 1 atom stereocenters. The van der Waals surface area contributed by atoms with Gasteiger partial charge in [0.05, 0.1) is 0 Å². The first kappa shape index (κ1) is 9.20. The fourth-order valence-corrected chi connectivity index (χ4v) is 1.08. The number of hydrogen-bond acceptors (Lipinski definition) is 1. The Morgan fingerprint density at radius 2 is 1.92 bits per heavy atom. The van der Waals surface area contributed by atoms with Crippen LogP contribution in [0.4, 0.5) is 4.39 Å². The van der Waals surface area contributed by atoms with Crippen molar-refractivity contribution >= 4 is 0 Å². The predicted octanol–water partition coefficient (Wildman–Crippen LogP) is 1.98. The Balaban J connectivity index is 2.58. The minimum atomic E-state index is -0.170. The van der Waals surface area contributed by atoms with E-state index in [0.717, 1.165) is 6.42 Å². The summed E-state index contributed by atoms with van der Waals surface area (Å²) < 4.78 is 12.5. The molecule has 1 aromatic carbocycles. The Labute approximate surface area is 72.6 Å². The third-order valence-electron chi connectivity index (χ3n) is 1.95. The van der Waals surface area contributed by atoms with Gasteiger partial charge in [-0.3, -0.25) is 0 Å². The molecule has 1 nitrogen and oxygen atoms in total. The fraction of sp³-hybridized carbons (Fsp3) is 0.400. The molecule has 1 aromatic rings. The van der Waals surface area contributed by atoms with Crippen molar-refractivity contribution in [2.75, 3.05) is 7.05 Å². The Hall–Kier alpha value is -0.890. The van der Waals surface area contributed by atoms with E-state index in [4.69, 9.17) is 0 Å². The summed E-state index contributed by atoms with van der Waals surface area (Å²) in [6.07, 6.45) is 0.941. The normalized spacial score (nSPS) is 12.9. The van der Waals surface area contributed by atoms with Gasteiger partial charge < -0.3 is 5.32 Å². The first-order chi connectivity index (χ1) is 5.72. The number of nitrogens with one attached hydrogen (secondary N) is 1. The molecule has 12 heavy (non-hydrogen) atoms. The van der Waals surface area contributed by atoms with Crippen LogP contribution in [-0.2, 0) is 6.42 Å². The molecule has 0 radical (unpaired) electrons. The summed E-state index contributed by atoms with van der Waals surface area (Å²) in [5.41, 5.74) is 1.17. The molecule has 0 fully saturated rings. The SMILES string of the molecule is CNC(C)Cc1ccc(F)cc1. The Kier molecular flexibility index (Phi) is 3.23. The summed E-state index contributed by atoms with van der Waals surface area (Å²) in [5.74, 6) is -0.170. The average Bonchev–Trinajstić information content (AvgIpc) is 2.09. The van der Waals surface area contributed by atoms with E-state index in [-0.39, 0.29) is 5.82 Å². The van der Waals surface area contributed by atoms with Crippen molar-refractivity contribution in [3.8, 4) is 0 Å². The summed E-state index contributed by atoms with van der Waals surface area (Å²) in [5, 5.41) is 3.13. The molecule has 0 aliphatic carbocycles. The molecule has 1 unspecified atom stereocenters. The smallest absolute Gasteiger partial charge is 0.123 e. The zero-order valence-electron chi connectivity index (χ0n) is 7.47. The Morgan fingerprint density at radius 1 is 1.33 bits per heavy atom. The van der Waals surface area contributed by atoms with Crippen LogP contribution in [0.25, 0.3) is 0 Å². The number of hydrogen-bond donors (Lipinski definition) is 1. The van der Waals surface area contributed by atoms with Gasteiger partial charge in [0.15, 0.2) is 0 Å². The van der Waals surface area contributed by atoms with Gasteiger partial charge in [-0.2, -0.15) is 0 Å². The lowest BCUT2D eigenvalue weighted by atomic mass is 10.1. The molecular formula is C10H14FN. The van der Waals surface area contributed by atoms with Crippen LogP contribution in [0.3, 0.4) is 0 Å². The summed E-state index contributed by atoms with van der Waals surface area (Å²) in [7, 11) is 1.92. The molecule has 0 saturated carbocycles. The molecule has 0 aliphatic heterocycles. The molecule has 0 aromatic heterocycles. The van der Waals surface area contributed by atoms with E-state index in [2.05, 4.69) is 12.2 Å². The molecule has 0 amide bonds. The largest absolute Gasteiger partial charge is 0.317 e. The van der Waals surface area contributed by atoms with Crippen molar-refractivity contribution in [3.63, 3.8) is 0 Å². The van der Waals surface area contributed by atoms with E-state index in [1.807, 2.05) is 19.2 Å². The summed E-state index contributed by atoms with van der Waals surface area (Å²) in [6, 6.07) is 7.08. The van der Waals surface area contributed by atoms with E-state index < -0.39 is 0 Å². The van der Waals surface area contributed by atoms with E-state index in [1.165, 1.54) is 17.7 Å². The maximum Gasteiger partial charge on any atom is 0.123 e. The second kappa shape index (κ2) is 4.21. The molecular weight excluding hydrogens is 153 g/mol. The van der Waals surface area contributed by atoms with Crippen molar-refractivity contribution < 1.29 is 4.39 Å². The standard InChI is InChI=1S/C10H14FN/c1-8(12-2)7-9-3-5-10(11)6-4-9/h3-6,8,12H,7H2,1-2H3. The predicted molar refractivity (Wildman–Crippen MR) is 48.6 cm³/mol. The molecule has 0 aliphatic rings. The number of likely N-dealkylation sites (N-methyl/N-ethyl adjacent to an activating group) is 1. The van der Waals surface area contributed by atoms with Crippen LogP contribution in [0.15, 0.2) is 24.3 Å². The van der Waals surface area contributed by atoms with Crippen molar-refractivity contribution in [2.24, 2.45) is 0 Å². The van der Waals surface area contributed by atoms with Crippen LogP contribution >= 0.6 is 0 Å². The van der Waals surface area contributed by atoms with E-state index >= 15 is 0 Å². The lowest BCUT2D eigenvalue weighted by Gasteiger charge is -2.09. The maximum atomic E-state index is 12.5. The average molecular weight is 167 g/mol.